The molecule has 0 aromatic heterocycles. The number of carbonyl (C=O) groups excluding carboxylic acids is 2. The molecule has 8 nitrogen and oxygen atoms in total. The average Bonchev–Trinajstić information content (AvgIpc) is 3.11. The molecule has 0 aliphatic heterocycles. The highest BCUT2D eigenvalue weighted by Crippen LogP contribution is 2.44. The molecule has 0 saturated heterocycles. The smallest absolute Gasteiger partial charge is 0.407 e. The molecule has 34 heavy (non-hydrogen) atoms. The van der Waals surface area contributed by atoms with E-state index in [4.69, 9.17) is 9.47 Å². The van der Waals surface area contributed by atoms with Gasteiger partial charge in [-0.3, -0.25) is 4.79 Å². The summed E-state index contributed by atoms with van der Waals surface area (Å²) in [5, 5.41) is 14.4. The topological polar surface area (TPSA) is 114 Å². The van der Waals surface area contributed by atoms with Crippen LogP contribution in [0, 0.1) is 5.41 Å². The van der Waals surface area contributed by atoms with Crippen LogP contribution in [0.2, 0.25) is 0 Å². The Kier molecular flexibility index (Phi) is 8.28. The molecule has 3 rings (SSSR count). The minimum Gasteiger partial charge on any atom is -0.480 e. The highest BCUT2D eigenvalue weighted by molar-refractivity contribution is 5.84. The van der Waals surface area contributed by atoms with E-state index in [1.807, 2.05) is 24.3 Å². The van der Waals surface area contributed by atoms with Crippen molar-refractivity contribution < 1.29 is 29.0 Å². The zero-order chi connectivity index (χ0) is 24.7. The number of carboxylic acid groups (broad SMARTS) is 1. The molecule has 1 aliphatic rings. The third kappa shape index (κ3) is 6.35. The van der Waals surface area contributed by atoms with E-state index in [0.29, 0.717) is 0 Å². The first-order valence-corrected chi connectivity index (χ1v) is 11.4. The predicted molar refractivity (Wildman–Crippen MR) is 128 cm³/mol. The monoisotopic (exact) mass is 468 g/mol. The lowest BCUT2D eigenvalue weighted by molar-refractivity contribution is -0.145. The third-order valence-corrected chi connectivity index (χ3v) is 5.75. The van der Waals surface area contributed by atoms with Crippen LogP contribution in [0.1, 0.15) is 44.2 Å². The molecule has 8 heteroatoms. The first-order valence-electron chi connectivity index (χ1n) is 11.4. The van der Waals surface area contributed by atoms with Gasteiger partial charge in [-0.15, -0.1) is 0 Å². The maximum atomic E-state index is 12.1. The van der Waals surface area contributed by atoms with Crippen molar-refractivity contribution in [2.75, 3.05) is 26.4 Å². The van der Waals surface area contributed by atoms with Crippen molar-refractivity contribution in [2.45, 2.75) is 39.2 Å². The van der Waals surface area contributed by atoms with Crippen LogP contribution in [0.3, 0.4) is 0 Å². The molecule has 0 saturated carbocycles. The van der Waals surface area contributed by atoms with Crippen LogP contribution in [-0.4, -0.2) is 55.5 Å². The lowest BCUT2D eigenvalue weighted by Crippen LogP contribution is -2.49. The van der Waals surface area contributed by atoms with Crippen LogP contribution >= 0.6 is 0 Å². The van der Waals surface area contributed by atoms with Crippen LogP contribution in [0.15, 0.2) is 48.5 Å². The van der Waals surface area contributed by atoms with E-state index in [-0.39, 0.29) is 38.7 Å². The molecule has 0 radical (unpaired) electrons. The molecule has 1 atom stereocenters. The summed E-state index contributed by atoms with van der Waals surface area (Å²) in [6.45, 7) is 6.04. The van der Waals surface area contributed by atoms with Crippen molar-refractivity contribution in [3.8, 4) is 11.1 Å². The van der Waals surface area contributed by atoms with Gasteiger partial charge >= 0.3 is 12.1 Å². The maximum absolute atomic E-state index is 12.1. The Balaban J connectivity index is 1.35. The number of fused-ring (bicyclic) bond motifs is 3. The van der Waals surface area contributed by atoms with Crippen molar-refractivity contribution in [1.82, 2.24) is 10.6 Å². The fourth-order valence-electron chi connectivity index (χ4n) is 4.02. The number of nitrogens with one attached hydrogen (secondary N) is 2. The highest BCUT2D eigenvalue weighted by Gasteiger charge is 2.32. The van der Waals surface area contributed by atoms with Gasteiger partial charge in [0.1, 0.15) is 12.6 Å². The molecule has 0 fully saturated rings. The summed E-state index contributed by atoms with van der Waals surface area (Å²) >= 11 is 0. The molecule has 1 unspecified atom stereocenters. The van der Waals surface area contributed by atoms with Crippen molar-refractivity contribution >= 4 is 18.0 Å². The molecule has 182 valence electrons. The zero-order valence-corrected chi connectivity index (χ0v) is 19.8. The van der Waals surface area contributed by atoms with Crippen LogP contribution in [0.25, 0.3) is 11.1 Å². The number of rotatable bonds is 10. The van der Waals surface area contributed by atoms with Crippen LogP contribution in [-0.2, 0) is 19.1 Å². The molecular formula is C26H32N2O6. The van der Waals surface area contributed by atoms with Gasteiger partial charge in [0.15, 0.2) is 0 Å². The first kappa shape index (κ1) is 25.2. The van der Waals surface area contributed by atoms with Gasteiger partial charge in [0.2, 0.25) is 5.91 Å². The molecule has 0 heterocycles. The Morgan fingerprint density at radius 1 is 0.971 bits per heavy atom. The van der Waals surface area contributed by atoms with Crippen molar-refractivity contribution in [1.29, 1.82) is 0 Å². The van der Waals surface area contributed by atoms with E-state index in [9.17, 15) is 19.5 Å². The molecule has 2 aromatic carbocycles. The van der Waals surface area contributed by atoms with Crippen LogP contribution < -0.4 is 10.6 Å². The minimum absolute atomic E-state index is 0.00404. The van der Waals surface area contributed by atoms with E-state index >= 15 is 0 Å². The highest BCUT2D eigenvalue weighted by atomic mass is 16.5. The first-order chi connectivity index (χ1) is 16.2. The van der Waals surface area contributed by atoms with Crippen molar-refractivity contribution in [2.24, 2.45) is 5.41 Å². The number of aliphatic carboxylic acids is 1. The molecule has 0 bridgehead atoms. The Morgan fingerprint density at radius 3 is 2.12 bits per heavy atom. The standard InChI is InChI=1S/C26H32N2O6/c1-26(2,3)23(24(30)31)28-22(29)12-14-33-15-13-27-25(32)34-16-21-19-10-6-4-8-17(19)18-9-5-7-11-20(18)21/h4-11,21,23H,12-16H2,1-3H3,(H,27,32)(H,28,29)(H,30,31). The van der Waals surface area contributed by atoms with E-state index in [1.54, 1.807) is 20.8 Å². The number of hydrogen-bond donors (Lipinski definition) is 3. The Hall–Kier alpha value is -3.39. The maximum Gasteiger partial charge on any atom is 0.407 e. The van der Waals surface area contributed by atoms with Gasteiger partial charge in [-0.2, -0.15) is 0 Å². The average molecular weight is 469 g/mol. The molecular weight excluding hydrogens is 436 g/mol. The summed E-state index contributed by atoms with van der Waals surface area (Å²) in [5.74, 6) is -1.48. The summed E-state index contributed by atoms with van der Waals surface area (Å²) in [5.41, 5.74) is 4.03. The van der Waals surface area contributed by atoms with E-state index in [1.165, 1.54) is 11.1 Å². The molecule has 0 spiro atoms. The van der Waals surface area contributed by atoms with Gasteiger partial charge in [0.05, 0.1) is 13.2 Å². The van der Waals surface area contributed by atoms with Gasteiger partial charge in [-0.05, 0) is 27.7 Å². The minimum atomic E-state index is -1.07. The Morgan fingerprint density at radius 2 is 1.56 bits per heavy atom. The molecule has 2 amide bonds. The quantitative estimate of drug-likeness (QED) is 0.460. The largest absolute Gasteiger partial charge is 0.480 e. The van der Waals surface area contributed by atoms with Crippen LogP contribution in [0.5, 0.6) is 0 Å². The fourth-order valence-corrected chi connectivity index (χ4v) is 4.02. The molecule has 1 aliphatic carbocycles. The third-order valence-electron chi connectivity index (χ3n) is 5.75. The number of alkyl carbamates (subject to hydrolysis) is 1. The number of hydrogen-bond acceptors (Lipinski definition) is 5. The number of carboxylic acids is 1. The summed E-state index contributed by atoms with van der Waals surface area (Å²) in [6.07, 6.45) is -0.497. The Bertz CT molecular complexity index is 984. The normalized spacial score (nSPS) is 13.5. The summed E-state index contributed by atoms with van der Waals surface area (Å²) in [7, 11) is 0. The summed E-state index contributed by atoms with van der Waals surface area (Å²) in [6, 6.07) is 15.3. The van der Waals surface area contributed by atoms with E-state index < -0.39 is 29.4 Å². The summed E-state index contributed by atoms with van der Waals surface area (Å²) < 4.78 is 10.8. The number of ether oxygens (including phenoxy) is 2. The van der Waals surface area contributed by atoms with E-state index in [2.05, 4.69) is 34.9 Å². The van der Waals surface area contributed by atoms with Gasteiger partial charge < -0.3 is 25.2 Å². The second kappa shape index (κ2) is 11.2. The molecule has 2 aromatic rings. The van der Waals surface area contributed by atoms with Crippen molar-refractivity contribution in [3.63, 3.8) is 0 Å². The lowest BCUT2D eigenvalue weighted by atomic mass is 9.86. The van der Waals surface area contributed by atoms with Crippen molar-refractivity contribution in [3.05, 3.63) is 59.7 Å². The van der Waals surface area contributed by atoms with Gasteiger partial charge in [-0.1, -0.05) is 69.3 Å². The van der Waals surface area contributed by atoms with Gasteiger partial charge in [-0.25, -0.2) is 9.59 Å². The summed E-state index contributed by atoms with van der Waals surface area (Å²) in [4.78, 5) is 35.4. The van der Waals surface area contributed by atoms with Crippen LogP contribution in [0.4, 0.5) is 4.79 Å². The van der Waals surface area contributed by atoms with E-state index in [0.717, 1.165) is 11.1 Å². The Labute approximate surface area is 199 Å². The fraction of sp³-hybridized carbons (Fsp3) is 0.423. The van der Waals surface area contributed by atoms with Gasteiger partial charge in [0.25, 0.3) is 0 Å². The lowest BCUT2D eigenvalue weighted by Gasteiger charge is -2.27. The number of carbonyl (C=O) groups is 3. The SMILES string of the molecule is CC(C)(C)C(NC(=O)CCOCCNC(=O)OCC1c2ccccc2-c2ccccc21)C(=O)O. The second-order valence-corrected chi connectivity index (χ2v) is 9.32. The van der Waals surface area contributed by atoms with Gasteiger partial charge in [0, 0.05) is 18.9 Å². The predicted octanol–water partition coefficient (Wildman–Crippen LogP) is 3.55. The molecule has 3 N–H and O–H groups in total. The number of amides is 2. The second-order valence-electron chi connectivity index (χ2n) is 9.32. The number of benzene rings is 2. The zero-order valence-electron chi connectivity index (χ0n) is 19.8.